The molecule has 0 atom stereocenters. The van der Waals surface area contributed by atoms with Gasteiger partial charge in [-0.3, -0.25) is 14.4 Å². The normalized spacial score (nSPS) is 13.3. The summed E-state index contributed by atoms with van der Waals surface area (Å²) < 4.78 is 27.9. The van der Waals surface area contributed by atoms with Crippen molar-refractivity contribution in [1.29, 1.82) is 0 Å². The Labute approximate surface area is 194 Å². The number of halogens is 1. The molecule has 0 saturated carbocycles. The zero-order valence-electron chi connectivity index (χ0n) is 17.0. The minimum Gasteiger partial charge on any atom is -0.478 e. The molecule has 1 heterocycles. The molecule has 0 unspecified atom stereocenters. The van der Waals surface area contributed by atoms with Crippen LogP contribution in [0.1, 0.15) is 27.0 Å². The summed E-state index contributed by atoms with van der Waals surface area (Å²) in [6.45, 7) is 0.299. The molecule has 0 spiro atoms. The first-order chi connectivity index (χ1) is 15.7. The Kier molecular flexibility index (Phi) is 5.92. The number of hydrogen-bond donors (Lipinski definition) is 1. The molecule has 3 aromatic carbocycles. The van der Waals surface area contributed by atoms with E-state index in [1.54, 1.807) is 30.3 Å². The van der Waals surface area contributed by atoms with E-state index in [4.69, 9.17) is 11.6 Å². The maximum atomic E-state index is 13.3. The lowest BCUT2D eigenvalue weighted by atomic mass is 10.0. The molecule has 10 heteroatoms. The Morgan fingerprint density at radius 2 is 1.88 bits per heavy atom. The van der Waals surface area contributed by atoms with Gasteiger partial charge in [0.05, 0.1) is 21.1 Å². The first-order valence-corrected chi connectivity index (χ1v) is 11.6. The summed E-state index contributed by atoms with van der Waals surface area (Å²) in [5.41, 5.74) is 1.72. The standard InChI is InChI=1S/C23H17ClN2O6S/c24-18-6-9-22-17(13-18)10-11-25(22)33(31,32)20-3-1-2-15(12-20)4-5-16-14-19(26(29)30)7-8-21(16)23(27)28/h1-9,12-14H,10-11H2,(H,27,28). The summed E-state index contributed by atoms with van der Waals surface area (Å²) in [5, 5.41) is 21.0. The summed E-state index contributed by atoms with van der Waals surface area (Å²) in [6, 6.07) is 14.7. The van der Waals surface area contributed by atoms with Crippen molar-refractivity contribution in [1.82, 2.24) is 0 Å². The van der Waals surface area contributed by atoms with Gasteiger partial charge in [0.15, 0.2) is 0 Å². The van der Waals surface area contributed by atoms with Crippen LogP contribution in [0.25, 0.3) is 12.2 Å². The van der Waals surface area contributed by atoms with Gasteiger partial charge in [0.25, 0.3) is 15.7 Å². The fourth-order valence-electron chi connectivity index (χ4n) is 3.68. The van der Waals surface area contributed by atoms with Crippen LogP contribution in [0.4, 0.5) is 11.4 Å². The van der Waals surface area contributed by atoms with Crippen molar-refractivity contribution < 1.29 is 23.2 Å². The van der Waals surface area contributed by atoms with E-state index in [1.165, 1.54) is 28.6 Å². The van der Waals surface area contributed by atoms with Crippen molar-refractivity contribution in [2.45, 2.75) is 11.3 Å². The Hall–Kier alpha value is -3.69. The fraction of sp³-hybridized carbons (Fsp3) is 0.0870. The molecule has 1 aliphatic heterocycles. The Bertz CT molecular complexity index is 1420. The smallest absolute Gasteiger partial charge is 0.336 e. The van der Waals surface area contributed by atoms with Gasteiger partial charge >= 0.3 is 5.97 Å². The van der Waals surface area contributed by atoms with Gasteiger partial charge in [0, 0.05) is 23.7 Å². The maximum absolute atomic E-state index is 13.3. The number of non-ortho nitro benzene ring substituents is 1. The number of hydrogen-bond acceptors (Lipinski definition) is 5. The number of nitro benzene ring substituents is 1. The second kappa shape index (κ2) is 8.68. The van der Waals surface area contributed by atoms with Crippen molar-refractivity contribution in [2.24, 2.45) is 0 Å². The van der Waals surface area contributed by atoms with Gasteiger partial charge in [-0.25, -0.2) is 13.2 Å². The number of fused-ring (bicyclic) bond motifs is 1. The summed E-state index contributed by atoms with van der Waals surface area (Å²) in [7, 11) is -3.84. The van der Waals surface area contributed by atoms with Gasteiger partial charge in [-0.1, -0.05) is 35.9 Å². The van der Waals surface area contributed by atoms with E-state index in [0.717, 1.165) is 23.8 Å². The van der Waals surface area contributed by atoms with E-state index in [9.17, 15) is 28.4 Å². The number of carboxylic acids is 1. The number of benzene rings is 3. The second-order valence-corrected chi connectivity index (χ2v) is 9.64. The topological polar surface area (TPSA) is 118 Å². The molecule has 168 valence electrons. The quantitative estimate of drug-likeness (QED) is 0.303. The third-order valence-electron chi connectivity index (χ3n) is 5.27. The summed E-state index contributed by atoms with van der Waals surface area (Å²) in [6.07, 6.45) is 3.48. The average Bonchev–Trinajstić information content (AvgIpc) is 3.21. The lowest BCUT2D eigenvalue weighted by molar-refractivity contribution is -0.384. The summed E-state index contributed by atoms with van der Waals surface area (Å²) >= 11 is 6.02. The fourth-order valence-corrected chi connectivity index (χ4v) is 5.43. The van der Waals surface area contributed by atoms with Crippen LogP contribution in [0.2, 0.25) is 5.02 Å². The Morgan fingerprint density at radius 1 is 1.09 bits per heavy atom. The highest BCUT2D eigenvalue weighted by Gasteiger charge is 2.31. The number of carbonyl (C=O) groups is 1. The Balaban J connectivity index is 1.67. The SMILES string of the molecule is O=C(O)c1ccc([N+](=O)[O-])cc1C=Cc1cccc(S(=O)(=O)N2CCc3cc(Cl)ccc32)c1. The number of sulfonamides is 1. The monoisotopic (exact) mass is 484 g/mol. The third-order valence-corrected chi connectivity index (χ3v) is 7.32. The molecule has 3 aromatic rings. The van der Waals surface area contributed by atoms with Gasteiger partial charge in [-0.15, -0.1) is 0 Å². The van der Waals surface area contributed by atoms with Crippen molar-refractivity contribution >= 4 is 51.1 Å². The minimum atomic E-state index is -3.84. The number of aromatic carboxylic acids is 1. The molecule has 0 radical (unpaired) electrons. The highest BCUT2D eigenvalue weighted by atomic mass is 35.5. The molecular formula is C23H17ClN2O6S. The van der Waals surface area contributed by atoms with Crippen molar-refractivity contribution in [3.63, 3.8) is 0 Å². The Morgan fingerprint density at radius 3 is 2.61 bits per heavy atom. The minimum absolute atomic E-state index is 0.0740. The van der Waals surface area contributed by atoms with Crippen molar-refractivity contribution in [3.05, 3.63) is 98.1 Å². The number of rotatable bonds is 6. The molecule has 0 fully saturated rings. The van der Waals surface area contributed by atoms with Gasteiger partial charge in [-0.05, 0) is 59.5 Å². The zero-order chi connectivity index (χ0) is 23.8. The molecule has 0 bridgehead atoms. The molecule has 0 saturated heterocycles. The highest BCUT2D eigenvalue weighted by molar-refractivity contribution is 7.92. The van der Waals surface area contributed by atoms with Gasteiger partial charge in [0.1, 0.15) is 0 Å². The molecule has 0 aliphatic carbocycles. The van der Waals surface area contributed by atoms with Crippen LogP contribution >= 0.6 is 11.6 Å². The van der Waals surface area contributed by atoms with Crippen molar-refractivity contribution in [2.75, 3.05) is 10.8 Å². The van der Waals surface area contributed by atoms with Crippen LogP contribution < -0.4 is 4.31 Å². The largest absolute Gasteiger partial charge is 0.478 e. The van der Waals surface area contributed by atoms with E-state index in [1.807, 2.05) is 0 Å². The van der Waals surface area contributed by atoms with Crippen LogP contribution in [0, 0.1) is 10.1 Å². The first-order valence-electron chi connectivity index (χ1n) is 9.78. The first kappa shape index (κ1) is 22.5. The van der Waals surface area contributed by atoms with Crippen LogP contribution in [-0.2, 0) is 16.4 Å². The van der Waals surface area contributed by atoms with E-state index in [-0.39, 0.29) is 21.7 Å². The van der Waals surface area contributed by atoms with Crippen LogP contribution in [-0.4, -0.2) is 31.0 Å². The van der Waals surface area contributed by atoms with Crippen molar-refractivity contribution in [3.8, 4) is 0 Å². The number of nitrogens with zero attached hydrogens (tertiary/aromatic N) is 2. The lowest BCUT2D eigenvalue weighted by Gasteiger charge is -2.20. The second-order valence-electron chi connectivity index (χ2n) is 7.34. The zero-order valence-corrected chi connectivity index (χ0v) is 18.6. The lowest BCUT2D eigenvalue weighted by Crippen LogP contribution is -2.29. The third kappa shape index (κ3) is 4.46. The molecule has 1 N–H and O–H groups in total. The maximum Gasteiger partial charge on any atom is 0.336 e. The van der Waals surface area contributed by atoms with E-state index < -0.39 is 20.9 Å². The predicted octanol–water partition coefficient (Wildman–Crippen LogP) is 4.87. The molecule has 0 amide bonds. The molecule has 4 rings (SSSR count). The molecule has 1 aliphatic rings. The highest BCUT2D eigenvalue weighted by Crippen LogP contribution is 2.34. The van der Waals surface area contributed by atoms with Crippen LogP contribution in [0.15, 0.2) is 65.6 Å². The average molecular weight is 485 g/mol. The molecule has 33 heavy (non-hydrogen) atoms. The summed E-state index contributed by atoms with van der Waals surface area (Å²) in [5.74, 6) is -1.23. The van der Waals surface area contributed by atoms with Crippen LogP contribution in [0.5, 0.6) is 0 Å². The number of nitro groups is 1. The van der Waals surface area contributed by atoms with Crippen LogP contribution in [0.3, 0.4) is 0 Å². The number of anilines is 1. The molecular weight excluding hydrogens is 468 g/mol. The number of carboxylic acid groups (broad SMARTS) is 1. The van der Waals surface area contributed by atoms with E-state index in [0.29, 0.717) is 29.2 Å². The molecule has 0 aromatic heterocycles. The van der Waals surface area contributed by atoms with E-state index >= 15 is 0 Å². The molecule has 8 nitrogen and oxygen atoms in total. The van der Waals surface area contributed by atoms with E-state index in [2.05, 4.69) is 0 Å². The van der Waals surface area contributed by atoms with Gasteiger partial charge in [0.2, 0.25) is 0 Å². The van der Waals surface area contributed by atoms with Gasteiger partial charge in [-0.2, -0.15) is 0 Å². The summed E-state index contributed by atoms with van der Waals surface area (Å²) in [4.78, 5) is 22.0. The predicted molar refractivity (Wildman–Crippen MR) is 125 cm³/mol. The van der Waals surface area contributed by atoms with Gasteiger partial charge < -0.3 is 5.11 Å².